The summed E-state index contributed by atoms with van der Waals surface area (Å²) in [7, 11) is 0. The van der Waals surface area contributed by atoms with Gasteiger partial charge in [0.05, 0.1) is 12.6 Å². The molecule has 18 heavy (non-hydrogen) atoms. The number of hydrogen-bond donors (Lipinski definition) is 1. The summed E-state index contributed by atoms with van der Waals surface area (Å²) < 4.78 is 5.63. The van der Waals surface area contributed by atoms with Gasteiger partial charge in [-0.2, -0.15) is 0 Å². The summed E-state index contributed by atoms with van der Waals surface area (Å²) in [6, 6.07) is 10.2. The Morgan fingerprint density at radius 1 is 1.00 bits per heavy atom. The fourth-order valence-electron chi connectivity index (χ4n) is 1.99. The molecule has 1 atom stereocenters. The van der Waals surface area contributed by atoms with E-state index in [1.165, 1.54) is 32.1 Å². The van der Waals surface area contributed by atoms with E-state index < -0.39 is 0 Å². The maximum absolute atomic E-state index is 6.05. The first kappa shape index (κ1) is 15.2. The van der Waals surface area contributed by atoms with Crippen molar-refractivity contribution >= 4 is 0 Å². The first-order chi connectivity index (χ1) is 8.84. The molecule has 102 valence electrons. The summed E-state index contributed by atoms with van der Waals surface area (Å²) in [4.78, 5) is 0. The van der Waals surface area contributed by atoms with Gasteiger partial charge in [0.25, 0.3) is 0 Å². The minimum atomic E-state index is 0.00583. The van der Waals surface area contributed by atoms with Crippen LogP contribution >= 0.6 is 0 Å². The van der Waals surface area contributed by atoms with Gasteiger partial charge in [-0.05, 0) is 12.0 Å². The Kier molecular flexibility index (Phi) is 8.53. The summed E-state index contributed by atoms with van der Waals surface area (Å²) in [5, 5.41) is 0. The van der Waals surface area contributed by atoms with Crippen molar-refractivity contribution in [2.75, 3.05) is 13.2 Å². The van der Waals surface area contributed by atoms with Gasteiger partial charge in [0.2, 0.25) is 0 Å². The molecule has 0 fully saturated rings. The Morgan fingerprint density at radius 3 is 2.39 bits per heavy atom. The van der Waals surface area contributed by atoms with Crippen LogP contribution in [0.5, 0.6) is 0 Å². The van der Waals surface area contributed by atoms with Gasteiger partial charge >= 0.3 is 0 Å². The highest BCUT2D eigenvalue weighted by Crippen LogP contribution is 2.10. The smallest absolute Gasteiger partial charge is 0.0659 e. The Morgan fingerprint density at radius 2 is 1.67 bits per heavy atom. The molecule has 0 spiro atoms. The zero-order valence-corrected chi connectivity index (χ0v) is 11.6. The van der Waals surface area contributed by atoms with Gasteiger partial charge in [-0.3, -0.25) is 0 Å². The molecule has 0 bridgehead atoms. The quantitative estimate of drug-likeness (QED) is 0.635. The fourth-order valence-corrected chi connectivity index (χ4v) is 1.99. The summed E-state index contributed by atoms with van der Waals surface area (Å²) in [6.07, 6.45) is 7.80. The van der Waals surface area contributed by atoms with Crippen LogP contribution in [0.4, 0.5) is 0 Å². The zero-order chi connectivity index (χ0) is 13.1. The lowest BCUT2D eigenvalue weighted by molar-refractivity contribution is 0.117. The van der Waals surface area contributed by atoms with Gasteiger partial charge in [0.15, 0.2) is 0 Å². The van der Waals surface area contributed by atoms with E-state index in [0.717, 1.165) is 18.6 Å². The van der Waals surface area contributed by atoms with Crippen LogP contribution in [0.1, 0.15) is 57.1 Å². The van der Waals surface area contributed by atoms with Gasteiger partial charge < -0.3 is 10.5 Å². The Labute approximate surface area is 112 Å². The van der Waals surface area contributed by atoms with Crippen molar-refractivity contribution < 1.29 is 4.74 Å². The topological polar surface area (TPSA) is 35.2 Å². The van der Waals surface area contributed by atoms with E-state index in [4.69, 9.17) is 10.5 Å². The maximum atomic E-state index is 6.05. The average Bonchev–Trinajstić information content (AvgIpc) is 2.42. The number of nitrogens with two attached hydrogens (primary N) is 1. The molecule has 2 N–H and O–H groups in total. The Balaban J connectivity index is 1.98. The minimum Gasteiger partial charge on any atom is -0.379 e. The van der Waals surface area contributed by atoms with Crippen LogP contribution in [0.3, 0.4) is 0 Å². The summed E-state index contributed by atoms with van der Waals surface area (Å²) in [5.74, 6) is 0. The predicted molar refractivity (Wildman–Crippen MR) is 77.6 cm³/mol. The van der Waals surface area contributed by atoms with Crippen LogP contribution in [0.25, 0.3) is 0 Å². The van der Waals surface area contributed by atoms with E-state index in [1.54, 1.807) is 0 Å². The number of benzene rings is 1. The van der Waals surface area contributed by atoms with Crippen LogP contribution in [-0.2, 0) is 4.74 Å². The highest BCUT2D eigenvalue weighted by atomic mass is 16.5. The van der Waals surface area contributed by atoms with Crippen LogP contribution < -0.4 is 5.73 Å². The SMILES string of the molecule is CCCCCCCCOCC(N)c1ccccc1. The van der Waals surface area contributed by atoms with Crippen molar-refractivity contribution in [3.63, 3.8) is 0 Å². The van der Waals surface area contributed by atoms with E-state index >= 15 is 0 Å². The zero-order valence-electron chi connectivity index (χ0n) is 11.6. The van der Waals surface area contributed by atoms with E-state index in [-0.39, 0.29) is 6.04 Å². The van der Waals surface area contributed by atoms with Crippen molar-refractivity contribution in [2.45, 2.75) is 51.5 Å². The van der Waals surface area contributed by atoms with E-state index in [9.17, 15) is 0 Å². The van der Waals surface area contributed by atoms with E-state index in [1.807, 2.05) is 18.2 Å². The predicted octanol–water partition coefficient (Wildman–Crippen LogP) is 4.06. The molecule has 1 rings (SSSR count). The Hall–Kier alpha value is -0.860. The largest absolute Gasteiger partial charge is 0.379 e. The van der Waals surface area contributed by atoms with Crippen molar-refractivity contribution in [2.24, 2.45) is 5.73 Å². The molecule has 0 amide bonds. The molecule has 0 saturated carbocycles. The standard InChI is InChI=1S/C16H27NO/c1-2-3-4-5-6-10-13-18-14-16(17)15-11-8-7-9-12-15/h7-9,11-12,16H,2-6,10,13-14,17H2,1H3. The van der Waals surface area contributed by atoms with Crippen molar-refractivity contribution in [3.05, 3.63) is 35.9 Å². The molecule has 0 aliphatic rings. The second-order valence-electron chi connectivity index (χ2n) is 4.86. The molecule has 1 unspecified atom stereocenters. The first-order valence-electron chi connectivity index (χ1n) is 7.23. The molecule has 1 aromatic carbocycles. The highest BCUT2D eigenvalue weighted by Gasteiger charge is 2.04. The third kappa shape index (κ3) is 6.77. The van der Waals surface area contributed by atoms with E-state index in [2.05, 4.69) is 19.1 Å². The van der Waals surface area contributed by atoms with Crippen LogP contribution in [-0.4, -0.2) is 13.2 Å². The Bertz CT molecular complexity index is 286. The highest BCUT2D eigenvalue weighted by molar-refractivity contribution is 5.18. The van der Waals surface area contributed by atoms with Crippen molar-refractivity contribution in [1.29, 1.82) is 0 Å². The molecular formula is C16H27NO. The lowest BCUT2D eigenvalue weighted by Gasteiger charge is -2.12. The fraction of sp³-hybridized carbons (Fsp3) is 0.625. The van der Waals surface area contributed by atoms with Crippen LogP contribution in [0, 0.1) is 0 Å². The minimum absolute atomic E-state index is 0.00583. The molecular weight excluding hydrogens is 222 g/mol. The summed E-state index contributed by atoms with van der Waals surface area (Å²) >= 11 is 0. The molecule has 0 aliphatic heterocycles. The number of unbranched alkanes of at least 4 members (excludes halogenated alkanes) is 5. The number of rotatable bonds is 10. The molecule has 0 heterocycles. The molecule has 1 aromatic rings. The normalized spacial score (nSPS) is 12.6. The monoisotopic (exact) mass is 249 g/mol. The van der Waals surface area contributed by atoms with Crippen molar-refractivity contribution in [3.8, 4) is 0 Å². The third-order valence-corrected chi connectivity index (χ3v) is 3.17. The lowest BCUT2D eigenvalue weighted by Crippen LogP contribution is -2.17. The van der Waals surface area contributed by atoms with Crippen LogP contribution in [0.15, 0.2) is 30.3 Å². The summed E-state index contributed by atoms with van der Waals surface area (Å²) in [5.41, 5.74) is 7.20. The second kappa shape index (κ2) is 10.1. The van der Waals surface area contributed by atoms with Gasteiger partial charge in [-0.15, -0.1) is 0 Å². The van der Waals surface area contributed by atoms with Gasteiger partial charge in [-0.1, -0.05) is 69.4 Å². The average molecular weight is 249 g/mol. The van der Waals surface area contributed by atoms with Gasteiger partial charge in [0.1, 0.15) is 0 Å². The number of ether oxygens (including phenoxy) is 1. The molecule has 2 heteroatoms. The third-order valence-electron chi connectivity index (χ3n) is 3.17. The summed E-state index contributed by atoms with van der Waals surface area (Å²) in [6.45, 7) is 3.71. The molecule has 0 radical (unpaired) electrons. The molecule has 0 saturated heterocycles. The number of hydrogen-bond acceptors (Lipinski definition) is 2. The first-order valence-corrected chi connectivity index (χ1v) is 7.23. The molecule has 2 nitrogen and oxygen atoms in total. The van der Waals surface area contributed by atoms with Gasteiger partial charge in [-0.25, -0.2) is 0 Å². The van der Waals surface area contributed by atoms with Crippen LogP contribution in [0.2, 0.25) is 0 Å². The maximum Gasteiger partial charge on any atom is 0.0659 e. The van der Waals surface area contributed by atoms with Gasteiger partial charge in [0, 0.05) is 6.61 Å². The molecule has 0 aromatic heterocycles. The lowest BCUT2D eigenvalue weighted by atomic mass is 10.1. The second-order valence-corrected chi connectivity index (χ2v) is 4.86. The van der Waals surface area contributed by atoms with Crippen molar-refractivity contribution in [1.82, 2.24) is 0 Å². The molecule has 0 aliphatic carbocycles. The van der Waals surface area contributed by atoms with E-state index in [0.29, 0.717) is 6.61 Å².